The highest BCUT2D eigenvalue weighted by molar-refractivity contribution is 5.66. The van der Waals surface area contributed by atoms with E-state index in [1.807, 2.05) is 0 Å². The van der Waals surface area contributed by atoms with E-state index in [9.17, 15) is 4.39 Å². The van der Waals surface area contributed by atoms with Crippen LogP contribution in [0.4, 0.5) is 22.0 Å². The molecule has 144 valence electrons. The van der Waals surface area contributed by atoms with Gasteiger partial charge in [-0.15, -0.1) is 0 Å². The van der Waals surface area contributed by atoms with Crippen molar-refractivity contribution in [3.05, 3.63) is 42.3 Å². The fraction of sp³-hybridized carbons (Fsp3) is 0.316. The average molecular weight is 382 g/mol. The maximum Gasteiger partial charge on any atom is 0.227 e. The second kappa shape index (κ2) is 6.75. The first-order chi connectivity index (χ1) is 13.7. The molecule has 2 bridgehead atoms. The molecule has 28 heavy (non-hydrogen) atoms. The summed E-state index contributed by atoms with van der Waals surface area (Å²) in [7, 11) is 1.50. The summed E-state index contributed by atoms with van der Waals surface area (Å²) >= 11 is 0. The number of fused-ring (bicyclic) bond motifs is 2. The Kier molecular flexibility index (Phi) is 4.09. The molecule has 0 spiro atoms. The predicted octanol–water partition coefficient (Wildman–Crippen LogP) is 2.74. The molecule has 2 aromatic heterocycles. The van der Waals surface area contributed by atoms with Gasteiger partial charge in [0.1, 0.15) is 17.4 Å². The third-order valence-electron chi connectivity index (χ3n) is 5.10. The minimum atomic E-state index is -0.384. The molecule has 2 fully saturated rings. The predicted molar refractivity (Wildman–Crippen MR) is 101 cm³/mol. The van der Waals surface area contributed by atoms with Crippen LogP contribution < -0.4 is 15.0 Å². The van der Waals surface area contributed by atoms with Crippen molar-refractivity contribution in [3.8, 4) is 17.0 Å². The van der Waals surface area contributed by atoms with E-state index in [-0.39, 0.29) is 11.9 Å². The van der Waals surface area contributed by atoms with E-state index in [0.29, 0.717) is 40.6 Å². The number of ether oxygens (including phenoxy) is 2. The number of H-pyrrole nitrogens is 1. The molecule has 1 aromatic carbocycles. The number of morpholine rings is 1. The average Bonchev–Trinajstić information content (AvgIpc) is 3.45. The third-order valence-corrected chi connectivity index (χ3v) is 5.10. The fourth-order valence-electron chi connectivity index (χ4n) is 3.70. The number of aromatic amines is 1. The number of halogens is 1. The maximum absolute atomic E-state index is 14.3. The molecule has 0 unspecified atom stereocenters. The molecule has 2 aliphatic heterocycles. The summed E-state index contributed by atoms with van der Waals surface area (Å²) in [6.45, 7) is 1.54. The van der Waals surface area contributed by atoms with Crippen LogP contribution in [-0.2, 0) is 4.74 Å². The Morgan fingerprint density at radius 2 is 2.21 bits per heavy atom. The number of nitrogens with zero attached hydrogens (tertiary/aromatic N) is 4. The zero-order valence-corrected chi connectivity index (χ0v) is 15.2. The van der Waals surface area contributed by atoms with Crippen LogP contribution in [-0.4, -0.2) is 52.6 Å². The lowest BCUT2D eigenvalue weighted by atomic mass is 10.1. The smallest absolute Gasteiger partial charge is 0.227 e. The SMILES string of the molecule is COc1ccc(-c2cc(Nc3ccnc(N4C[C@@H]5C[C@H]4CO5)n3)n[nH]2)c(F)c1. The van der Waals surface area contributed by atoms with E-state index in [2.05, 4.69) is 30.4 Å². The van der Waals surface area contributed by atoms with Crippen molar-refractivity contribution in [2.24, 2.45) is 0 Å². The van der Waals surface area contributed by atoms with E-state index >= 15 is 0 Å². The van der Waals surface area contributed by atoms with Crippen LogP contribution in [0.15, 0.2) is 36.5 Å². The summed E-state index contributed by atoms with van der Waals surface area (Å²) < 4.78 is 24.9. The van der Waals surface area contributed by atoms with E-state index < -0.39 is 0 Å². The van der Waals surface area contributed by atoms with Gasteiger partial charge in [0.05, 0.1) is 31.6 Å². The van der Waals surface area contributed by atoms with Gasteiger partial charge in [-0.05, 0) is 24.6 Å². The Labute approximate surface area is 160 Å². The van der Waals surface area contributed by atoms with Crippen LogP contribution in [0.3, 0.4) is 0 Å². The summed E-state index contributed by atoms with van der Waals surface area (Å²) in [5.41, 5.74) is 0.976. The Balaban J connectivity index is 1.34. The van der Waals surface area contributed by atoms with E-state index in [0.717, 1.165) is 19.6 Å². The molecule has 2 atom stereocenters. The minimum Gasteiger partial charge on any atom is -0.497 e. The summed E-state index contributed by atoms with van der Waals surface area (Å²) in [5.74, 6) is 1.93. The van der Waals surface area contributed by atoms with Crippen molar-refractivity contribution in [2.75, 3.05) is 30.5 Å². The van der Waals surface area contributed by atoms with Gasteiger partial charge in [0, 0.05) is 30.4 Å². The maximum atomic E-state index is 14.3. The zero-order chi connectivity index (χ0) is 19.1. The van der Waals surface area contributed by atoms with Crippen molar-refractivity contribution < 1.29 is 13.9 Å². The second-order valence-electron chi connectivity index (χ2n) is 6.88. The number of nitrogens with one attached hydrogen (secondary N) is 2. The quantitative estimate of drug-likeness (QED) is 0.701. The highest BCUT2D eigenvalue weighted by Crippen LogP contribution is 2.31. The lowest BCUT2D eigenvalue weighted by Gasteiger charge is -2.26. The molecule has 0 saturated carbocycles. The van der Waals surface area contributed by atoms with Crippen molar-refractivity contribution in [3.63, 3.8) is 0 Å². The van der Waals surface area contributed by atoms with E-state index in [1.54, 1.807) is 30.5 Å². The topological polar surface area (TPSA) is 88.2 Å². The number of methoxy groups -OCH3 is 1. The van der Waals surface area contributed by atoms with Crippen LogP contribution in [0.5, 0.6) is 5.75 Å². The van der Waals surface area contributed by atoms with Crippen LogP contribution in [0.1, 0.15) is 6.42 Å². The van der Waals surface area contributed by atoms with Gasteiger partial charge < -0.3 is 19.7 Å². The Morgan fingerprint density at radius 3 is 2.96 bits per heavy atom. The fourth-order valence-corrected chi connectivity index (χ4v) is 3.70. The molecule has 9 heteroatoms. The number of benzene rings is 1. The summed E-state index contributed by atoms with van der Waals surface area (Å²) in [6, 6.07) is 8.55. The molecule has 0 aliphatic carbocycles. The number of anilines is 3. The van der Waals surface area contributed by atoms with E-state index in [4.69, 9.17) is 9.47 Å². The van der Waals surface area contributed by atoms with Crippen molar-refractivity contribution in [1.82, 2.24) is 20.2 Å². The van der Waals surface area contributed by atoms with Gasteiger partial charge in [-0.3, -0.25) is 5.10 Å². The normalized spacial score (nSPS) is 20.6. The molecule has 2 aliphatic rings. The largest absolute Gasteiger partial charge is 0.497 e. The van der Waals surface area contributed by atoms with Gasteiger partial charge in [-0.1, -0.05) is 0 Å². The van der Waals surface area contributed by atoms with Gasteiger partial charge in [0.25, 0.3) is 0 Å². The molecule has 2 saturated heterocycles. The molecule has 3 aromatic rings. The van der Waals surface area contributed by atoms with Gasteiger partial charge in [0.2, 0.25) is 5.95 Å². The van der Waals surface area contributed by atoms with Crippen LogP contribution in [0.25, 0.3) is 11.3 Å². The molecule has 8 nitrogen and oxygen atoms in total. The van der Waals surface area contributed by atoms with Crippen molar-refractivity contribution >= 4 is 17.6 Å². The lowest BCUT2D eigenvalue weighted by molar-refractivity contribution is 0.0986. The molecular weight excluding hydrogens is 363 g/mol. The van der Waals surface area contributed by atoms with Crippen molar-refractivity contribution in [2.45, 2.75) is 18.6 Å². The molecule has 4 heterocycles. The number of aromatic nitrogens is 4. The monoisotopic (exact) mass is 382 g/mol. The van der Waals surface area contributed by atoms with Crippen LogP contribution in [0.2, 0.25) is 0 Å². The molecule has 2 N–H and O–H groups in total. The summed E-state index contributed by atoms with van der Waals surface area (Å²) in [5, 5.41) is 10.2. The number of hydrogen-bond donors (Lipinski definition) is 2. The van der Waals surface area contributed by atoms with Crippen LogP contribution in [0, 0.1) is 5.82 Å². The number of rotatable bonds is 5. The Morgan fingerprint density at radius 1 is 1.29 bits per heavy atom. The van der Waals surface area contributed by atoms with Crippen LogP contribution >= 0.6 is 0 Å². The summed E-state index contributed by atoms with van der Waals surface area (Å²) in [4.78, 5) is 11.2. The lowest BCUT2D eigenvalue weighted by Crippen LogP contribution is -2.38. The Hall–Kier alpha value is -3.20. The number of hydrogen-bond acceptors (Lipinski definition) is 7. The van der Waals surface area contributed by atoms with Crippen molar-refractivity contribution in [1.29, 1.82) is 0 Å². The third kappa shape index (κ3) is 3.03. The molecular formula is C19H19FN6O2. The standard InChI is InChI=1S/C19H19FN6O2/c1-27-12-2-3-14(15(20)7-12)16-8-18(25-24-16)22-17-4-5-21-19(23-17)26-9-13-6-11(26)10-28-13/h2-5,7-8,11,13H,6,9-10H2,1H3,(H2,21,22,23,24,25)/t11-,13-/m0/s1. The zero-order valence-electron chi connectivity index (χ0n) is 15.2. The second-order valence-corrected chi connectivity index (χ2v) is 6.88. The van der Waals surface area contributed by atoms with Gasteiger partial charge in [0.15, 0.2) is 5.82 Å². The highest BCUT2D eigenvalue weighted by Gasteiger charge is 2.40. The first-order valence-corrected chi connectivity index (χ1v) is 9.07. The minimum absolute atomic E-state index is 0.276. The van der Waals surface area contributed by atoms with Gasteiger partial charge in [-0.2, -0.15) is 10.1 Å². The summed E-state index contributed by atoms with van der Waals surface area (Å²) in [6.07, 6.45) is 3.02. The first-order valence-electron chi connectivity index (χ1n) is 9.07. The molecule has 0 amide bonds. The highest BCUT2D eigenvalue weighted by atomic mass is 19.1. The molecule has 5 rings (SSSR count). The Bertz CT molecular complexity index is 1010. The van der Waals surface area contributed by atoms with Gasteiger partial charge >= 0.3 is 0 Å². The van der Waals surface area contributed by atoms with Gasteiger partial charge in [-0.25, -0.2) is 9.37 Å². The molecule has 0 radical (unpaired) electrons. The van der Waals surface area contributed by atoms with E-state index in [1.165, 1.54) is 13.2 Å². The first kappa shape index (κ1) is 16.9.